The number of imidazole rings is 1. The predicted molar refractivity (Wildman–Crippen MR) is 66.6 cm³/mol. The summed E-state index contributed by atoms with van der Waals surface area (Å²) in [4.78, 5) is 28.6. The van der Waals surface area contributed by atoms with Crippen molar-refractivity contribution in [3.63, 3.8) is 0 Å². The fraction of sp³-hybridized carbons (Fsp3) is 0.545. The number of aromatic amines is 1. The number of amides is 2. The lowest BCUT2D eigenvalue weighted by molar-refractivity contribution is -0.146. The maximum absolute atomic E-state index is 11.3. The Morgan fingerprint density at radius 2 is 2.11 bits per heavy atom. The van der Waals surface area contributed by atoms with Crippen LogP contribution in [0.25, 0.3) is 0 Å². The SMILES string of the molecule is O=C(NCCCc1ncc[nH]1)NCCC(O)C(=O)O. The zero-order chi connectivity index (χ0) is 14.1. The molecule has 0 spiro atoms. The molecule has 1 rings (SSSR count). The van der Waals surface area contributed by atoms with Crippen LogP contribution in [-0.4, -0.2) is 51.4 Å². The number of hydrogen-bond acceptors (Lipinski definition) is 4. The van der Waals surface area contributed by atoms with Gasteiger partial charge in [0.1, 0.15) is 5.82 Å². The van der Waals surface area contributed by atoms with Gasteiger partial charge in [-0.2, -0.15) is 0 Å². The van der Waals surface area contributed by atoms with Gasteiger partial charge in [0.05, 0.1) is 0 Å². The van der Waals surface area contributed by atoms with E-state index >= 15 is 0 Å². The third kappa shape index (κ3) is 6.41. The second kappa shape index (κ2) is 8.09. The number of aliphatic hydroxyl groups is 1. The van der Waals surface area contributed by atoms with Gasteiger partial charge in [-0.25, -0.2) is 14.6 Å². The summed E-state index contributed by atoms with van der Waals surface area (Å²) in [5.74, 6) is -0.424. The zero-order valence-corrected chi connectivity index (χ0v) is 10.4. The molecule has 5 N–H and O–H groups in total. The minimum atomic E-state index is -1.45. The molecule has 0 aromatic carbocycles. The van der Waals surface area contributed by atoms with E-state index in [9.17, 15) is 9.59 Å². The Balaban J connectivity index is 2.00. The minimum Gasteiger partial charge on any atom is -0.479 e. The van der Waals surface area contributed by atoms with E-state index in [1.165, 1.54) is 0 Å². The molecule has 0 aliphatic heterocycles. The van der Waals surface area contributed by atoms with E-state index in [1.54, 1.807) is 12.4 Å². The van der Waals surface area contributed by atoms with Crippen molar-refractivity contribution in [2.45, 2.75) is 25.4 Å². The molecular weight excluding hydrogens is 252 g/mol. The molecule has 0 fully saturated rings. The molecule has 1 unspecified atom stereocenters. The standard InChI is InChI=1S/C11H18N4O4/c16-8(10(17)18)3-5-15-11(19)14-4-1-2-9-12-6-7-13-9/h6-8,16H,1-5H2,(H,12,13)(H,17,18)(H2,14,15,19). The van der Waals surface area contributed by atoms with Crippen molar-refractivity contribution in [2.75, 3.05) is 13.1 Å². The molecule has 0 saturated carbocycles. The van der Waals surface area contributed by atoms with Gasteiger partial charge in [0, 0.05) is 38.3 Å². The van der Waals surface area contributed by atoms with E-state index in [-0.39, 0.29) is 19.0 Å². The largest absolute Gasteiger partial charge is 0.479 e. The lowest BCUT2D eigenvalue weighted by Crippen LogP contribution is -2.38. The molecule has 0 radical (unpaired) electrons. The molecule has 106 valence electrons. The van der Waals surface area contributed by atoms with Gasteiger partial charge in [-0.15, -0.1) is 0 Å². The number of carboxylic acids is 1. The normalized spacial score (nSPS) is 11.8. The predicted octanol–water partition coefficient (Wildman–Crippen LogP) is -0.523. The number of rotatable bonds is 8. The van der Waals surface area contributed by atoms with Gasteiger partial charge in [-0.1, -0.05) is 0 Å². The molecule has 1 aromatic rings. The van der Waals surface area contributed by atoms with E-state index in [0.717, 1.165) is 18.7 Å². The topological polar surface area (TPSA) is 127 Å². The van der Waals surface area contributed by atoms with Crippen molar-refractivity contribution >= 4 is 12.0 Å². The number of carbonyl (C=O) groups is 2. The summed E-state index contributed by atoms with van der Waals surface area (Å²) in [5.41, 5.74) is 0. The van der Waals surface area contributed by atoms with Crippen LogP contribution in [0.15, 0.2) is 12.4 Å². The molecule has 8 nitrogen and oxygen atoms in total. The van der Waals surface area contributed by atoms with Crippen molar-refractivity contribution in [1.29, 1.82) is 0 Å². The number of aliphatic hydroxyl groups excluding tert-OH is 1. The third-order valence-electron chi connectivity index (χ3n) is 2.42. The fourth-order valence-electron chi connectivity index (χ4n) is 1.40. The quantitative estimate of drug-likeness (QED) is 0.406. The summed E-state index contributed by atoms with van der Waals surface area (Å²) in [6, 6.07) is -0.378. The highest BCUT2D eigenvalue weighted by Gasteiger charge is 2.12. The molecule has 1 heterocycles. The average molecular weight is 270 g/mol. The summed E-state index contributed by atoms with van der Waals surface area (Å²) in [6.45, 7) is 0.603. The van der Waals surface area contributed by atoms with Gasteiger partial charge < -0.3 is 25.8 Å². The van der Waals surface area contributed by atoms with E-state index in [2.05, 4.69) is 20.6 Å². The molecule has 0 saturated heterocycles. The summed E-state index contributed by atoms with van der Waals surface area (Å²) < 4.78 is 0. The Morgan fingerprint density at radius 1 is 1.37 bits per heavy atom. The Hall–Kier alpha value is -2.09. The average Bonchev–Trinajstić information content (AvgIpc) is 2.87. The molecule has 0 aliphatic rings. The lowest BCUT2D eigenvalue weighted by Gasteiger charge is -2.08. The van der Waals surface area contributed by atoms with Crippen LogP contribution in [-0.2, 0) is 11.2 Å². The molecule has 1 atom stereocenters. The monoisotopic (exact) mass is 270 g/mol. The van der Waals surface area contributed by atoms with E-state index in [1.807, 2.05) is 0 Å². The molecule has 0 bridgehead atoms. The first-order valence-corrected chi connectivity index (χ1v) is 6.00. The number of nitrogens with zero attached hydrogens (tertiary/aromatic N) is 1. The van der Waals surface area contributed by atoms with Gasteiger partial charge in [0.2, 0.25) is 0 Å². The Morgan fingerprint density at radius 3 is 2.74 bits per heavy atom. The second-order valence-corrected chi connectivity index (χ2v) is 3.96. The van der Waals surface area contributed by atoms with Gasteiger partial charge in [-0.05, 0) is 6.42 Å². The molecule has 19 heavy (non-hydrogen) atoms. The van der Waals surface area contributed by atoms with Crippen molar-refractivity contribution in [2.24, 2.45) is 0 Å². The zero-order valence-electron chi connectivity index (χ0n) is 10.4. The smallest absolute Gasteiger partial charge is 0.332 e. The number of carboxylic acid groups (broad SMARTS) is 1. The number of hydrogen-bond donors (Lipinski definition) is 5. The summed E-state index contributed by atoms with van der Waals surface area (Å²) in [5, 5.41) is 22.5. The van der Waals surface area contributed by atoms with Crippen LogP contribution in [0.1, 0.15) is 18.7 Å². The molecule has 2 amide bonds. The maximum Gasteiger partial charge on any atom is 0.332 e. The highest BCUT2D eigenvalue weighted by Crippen LogP contribution is 1.93. The summed E-state index contributed by atoms with van der Waals surface area (Å²) >= 11 is 0. The number of urea groups is 1. The van der Waals surface area contributed by atoms with Crippen LogP contribution in [0.5, 0.6) is 0 Å². The van der Waals surface area contributed by atoms with Crippen molar-refractivity contribution in [3.8, 4) is 0 Å². The van der Waals surface area contributed by atoms with Gasteiger partial charge in [0.15, 0.2) is 6.10 Å². The van der Waals surface area contributed by atoms with Gasteiger partial charge in [0.25, 0.3) is 0 Å². The van der Waals surface area contributed by atoms with Crippen LogP contribution in [0.2, 0.25) is 0 Å². The number of aromatic nitrogens is 2. The van der Waals surface area contributed by atoms with Crippen molar-refractivity contribution in [1.82, 2.24) is 20.6 Å². The Labute approximate surface area is 110 Å². The number of aliphatic carboxylic acids is 1. The lowest BCUT2D eigenvalue weighted by atomic mass is 10.2. The molecular formula is C11H18N4O4. The molecule has 0 aliphatic carbocycles. The number of nitrogens with one attached hydrogen (secondary N) is 3. The fourth-order valence-corrected chi connectivity index (χ4v) is 1.40. The number of carbonyl (C=O) groups excluding carboxylic acids is 1. The van der Waals surface area contributed by atoms with Crippen molar-refractivity contribution in [3.05, 3.63) is 18.2 Å². The van der Waals surface area contributed by atoms with Crippen LogP contribution >= 0.6 is 0 Å². The number of H-pyrrole nitrogens is 1. The molecule has 8 heteroatoms. The third-order valence-corrected chi connectivity index (χ3v) is 2.42. The van der Waals surface area contributed by atoms with Crippen LogP contribution in [0.3, 0.4) is 0 Å². The first-order valence-electron chi connectivity index (χ1n) is 6.00. The van der Waals surface area contributed by atoms with Crippen LogP contribution in [0, 0.1) is 0 Å². The van der Waals surface area contributed by atoms with Crippen LogP contribution < -0.4 is 10.6 Å². The van der Waals surface area contributed by atoms with Gasteiger partial charge in [-0.3, -0.25) is 0 Å². The van der Waals surface area contributed by atoms with Gasteiger partial charge >= 0.3 is 12.0 Å². The second-order valence-electron chi connectivity index (χ2n) is 3.96. The first-order chi connectivity index (χ1) is 9.09. The summed E-state index contributed by atoms with van der Waals surface area (Å²) in [7, 11) is 0. The van der Waals surface area contributed by atoms with E-state index < -0.39 is 12.1 Å². The highest BCUT2D eigenvalue weighted by molar-refractivity contribution is 5.74. The van der Waals surface area contributed by atoms with Crippen molar-refractivity contribution < 1.29 is 19.8 Å². The highest BCUT2D eigenvalue weighted by atomic mass is 16.4. The van der Waals surface area contributed by atoms with E-state index in [4.69, 9.17) is 10.2 Å². The Kier molecular flexibility index (Phi) is 6.37. The number of aryl methyl sites for hydroxylation is 1. The van der Waals surface area contributed by atoms with E-state index in [0.29, 0.717) is 6.54 Å². The summed E-state index contributed by atoms with van der Waals surface area (Å²) in [6.07, 6.45) is 3.44. The maximum atomic E-state index is 11.3. The molecule has 1 aromatic heterocycles. The first kappa shape index (κ1) is 15.0. The Bertz CT molecular complexity index is 393. The minimum absolute atomic E-state index is 0.0187. The van der Waals surface area contributed by atoms with Crippen LogP contribution in [0.4, 0.5) is 4.79 Å².